The third-order valence-corrected chi connectivity index (χ3v) is 2.73. The van der Waals surface area contributed by atoms with E-state index in [1.807, 2.05) is 16.9 Å². The number of nitrogens with zero attached hydrogens (tertiary/aromatic N) is 2. The first-order chi connectivity index (χ1) is 8.40. The molecule has 0 amide bonds. The number of aromatic nitrogens is 2. The average Bonchev–Trinajstić information content (AvgIpc) is 2.85. The zero-order valence-electron chi connectivity index (χ0n) is 10.3. The Balaban J connectivity index is 1.92. The summed E-state index contributed by atoms with van der Waals surface area (Å²) in [6.45, 7) is 5.19. The fourth-order valence-electron chi connectivity index (χ4n) is 1.81. The zero-order valence-corrected chi connectivity index (χ0v) is 10.3. The minimum atomic E-state index is 0.972. The molecule has 2 rings (SSSR count). The summed E-state index contributed by atoms with van der Waals surface area (Å²) in [5.74, 6) is 0. The van der Waals surface area contributed by atoms with E-state index in [1.165, 1.54) is 11.1 Å². The highest BCUT2D eigenvalue weighted by Crippen LogP contribution is 2.17. The van der Waals surface area contributed by atoms with Gasteiger partial charge in [-0.1, -0.05) is 37.3 Å². The van der Waals surface area contributed by atoms with Crippen LogP contribution in [0.1, 0.15) is 13.3 Å². The van der Waals surface area contributed by atoms with Crippen molar-refractivity contribution in [3.05, 3.63) is 42.7 Å². The van der Waals surface area contributed by atoms with Crippen molar-refractivity contribution in [2.24, 2.45) is 0 Å². The van der Waals surface area contributed by atoms with Crippen LogP contribution in [-0.2, 0) is 6.54 Å². The molecule has 0 atom stereocenters. The van der Waals surface area contributed by atoms with E-state index in [0.29, 0.717) is 0 Å². The van der Waals surface area contributed by atoms with Crippen LogP contribution >= 0.6 is 0 Å². The number of rotatable bonds is 6. The first-order valence-corrected chi connectivity index (χ1v) is 6.18. The van der Waals surface area contributed by atoms with E-state index in [0.717, 1.165) is 26.1 Å². The summed E-state index contributed by atoms with van der Waals surface area (Å²) >= 11 is 0. The van der Waals surface area contributed by atoms with Crippen LogP contribution in [0.2, 0.25) is 0 Å². The van der Waals surface area contributed by atoms with Crippen molar-refractivity contribution in [1.82, 2.24) is 15.1 Å². The number of nitrogens with one attached hydrogen (secondary N) is 1. The van der Waals surface area contributed by atoms with Gasteiger partial charge in [0, 0.05) is 18.3 Å². The van der Waals surface area contributed by atoms with Gasteiger partial charge in [-0.05, 0) is 25.1 Å². The Morgan fingerprint density at radius 2 is 2.00 bits per heavy atom. The molecule has 0 fully saturated rings. The SMILES string of the molecule is CCNCCCn1cc(-c2ccccc2)cn1. The molecule has 1 N–H and O–H groups in total. The fourth-order valence-corrected chi connectivity index (χ4v) is 1.81. The maximum Gasteiger partial charge on any atom is 0.0568 e. The van der Waals surface area contributed by atoms with E-state index in [-0.39, 0.29) is 0 Å². The lowest BCUT2D eigenvalue weighted by molar-refractivity contribution is 0.550. The third-order valence-electron chi connectivity index (χ3n) is 2.73. The van der Waals surface area contributed by atoms with Crippen molar-refractivity contribution in [2.45, 2.75) is 19.9 Å². The molecule has 1 aromatic heterocycles. The second-order valence-corrected chi connectivity index (χ2v) is 4.07. The fraction of sp³-hybridized carbons (Fsp3) is 0.357. The van der Waals surface area contributed by atoms with E-state index in [2.05, 4.69) is 47.8 Å². The van der Waals surface area contributed by atoms with Crippen LogP contribution in [0.15, 0.2) is 42.7 Å². The topological polar surface area (TPSA) is 29.9 Å². The molecule has 90 valence electrons. The van der Waals surface area contributed by atoms with Crippen LogP contribution < -0.4 is 5.32 Å². The van der Waals surface area contributed by atoms with Gasteiger partial charge < -0.3 is 5.32 Å². The summed E-state index contributed by atoms with van der Waals surface area (Å²) in [5.41, 5.74) is 2.42. The molecular formula is C14H19N3. The minimum Gasteiger partial charge on any atom is -0.317 e. The number of hydrogen-bond acceptors (Lipinski definition) is 2. The molecule has 0 saturated heterocycles. The summed E-state index contributed by atoms with van der Waals surface area (Å²) in [6, 6.07) is 10.4. The molecule has 0 aliphatic carbocycles. The normalized spacial score (nSPS) is 10.6. The van der Waals surface area contributed by atoms with Crippen LogP contribution in [0, 0.1) is 0 Å². The first kappa shape index (κ1) is 11.9. The number of hydrogen-bond donors (Lipinski definition) is 1. The molecule has 1 aromatic carbocycles. The summed E-state index contributed by atoms with van der Waals surface area (Å²) in [7, 11) is 0. The van der Waals surface area contributed by atoms with Crippen LogP contribution in [0.3, 0.4) is 0 Å². The van der Waals surface area contributed by atoms with E-state index >= 15 is 0 Å². The summed E-state index contributed by atoms with van der Waals surface area (Å²) in [4.78, 5) is 0. The Labute approximate surface area is 102 Å². The van der Waals surface area contributed by atoms with Gasteiger partial charge in [0.1, 0.15) is 0 Å². The highest BCUT2D eigenvalue weighted by molar-refractivity contribution is 5.61. The molecule has 0 aliphatic rings. The van der Waals surface area contributed by atoms with Gasteiger partial charge in [0.2, 0.25) is 0 Å². The smallest absolute Gasteiger partial charge is 0.0568 e. The van der Waals surface area contributed by atoms with Crippen LogP contribution in [0.5, 0.6) is 0 Å². The van der Waals surface area contributed by atoms with Gasteiger partial charge in [0.25, 0.3) is 0 Å². The van der Waals surface area contributed by atoms with Crippen molar-refractivity contribution < 1.29 is 0 Å². The van der Waals surface area contributed by atoms with Gasteiger partial charge in [-0.3, -0.25) is 4.68 Å². The Morgan fingerprint density at radius 1 is 1.18 bits per heavy atom. The molecule has 0 spiro atoms. The maximum absolute atomic E-state index is 4.38. The summed E-state index contributed by atoms with van der Waals surface area (Å²) in [5, 5.41) is 7.69. The van der Waals surface area contributed by atoms with Gasteiger partial charge in [0.05, 0.1) is 6.20 Å². The Kier molecular flexibility index (Phi) is 4.33. The quantitative estimate of drug-likeness (QED) is 0.771. The Hall–Kier alpha value is -1.61. The standard InChI is InChI=1S/C14H19N3/c1-2-15-9-6-10-17-12-14(11-16-17)13-7-4-3-5-8-13/h3-5,7-8,11-12,15H,2,6,9-10H2,1H3. The predicted molar refractivity (Wildman–Crippen MR) is 70.8 cm³/mol. The van der Waals surface area contributed by atoms with E-state index < -0.39 is 0 Å². The second kappa shape index (κ2) is 6.21. The van der Waals surface area contributed by atoms with Gasteiger partial charge in [-0.15, -0.1) is 0 Å². The predicted octanol–water partition coefficient (Wildman–Crippen LogP) is 2.55. The van der Waals surface area contributed by atoms with Crippen molar-refractivity contribution >= 4 is 0 Å². The number of aryl methyl sites for hydroxylation is 1. The highest BCUT2D eigenvalue weighted by atomic mass is 15.3. The Morgan fingerprint density at radius 3 is 2.76 bits per heavy atom. The molecule has 0 saturated carbocycles. The molecule has 3 heteroatoms. The Bertz CT molecular complexity index is 434. The van der Waals surface area contributed by atoms with Gasteiger partial charge in [0.15, 0.2) is 0 Å². The largest absolute Gasteiger partial charge is 0.317 e. The van der Waals surface area contributed by atoms with Crippen LogP contribution in [0.25, 0.3) is 11.1 Å². The third kappa shape index (κ3) is 3.43. The molecule has 0 unspecified atom stereocenters. The van der Waals surface area contributed by atoms with Gasteiger partial charge in [-0.2, -0.15) is 5.10 Å². The van der Waals surface area contributed by atoms with E-state index in [9.17, 15) is 0 Å². The molecule has 1 heterocycles. The first-order valence-electron chi connectivity index (χ1n) is 6.18. The zero-order chi connectivity index (χ0) is 11.9. The van der Waals surface area contributed by atoms with Crippen molar-refractivity contribution in [1.29, 1.82) is 0 Å². The molecule has 17 heavy (non-hydrogen) atoms. The van der Waals surface area contributed by atoms with Crippen LogP contribution in [-0.4, -0.2) is 22.9 Å². The molecular weight excluding hydrogens is 210 g/mol. The lowest BCUT2D eigenvalue weighted by atomic mass is 10.1. The van der Waals surface area contributed by atoms with Crippen molar-refractivity contribution in [3.63, 3.8) is 0 Å². The van der Waals surface area contributed by atoms with Gasteiger partial charge >= 0.3 is 0 Å². The molecule has 2 aromatic rings. The molecule has 3 nitrogen and oxygen atoms in total. The summed E-state index contributed by atoms with van der Waals surface area (Å²) in [6.07, 6.45) is 5.16. The van der Waals surface area contributed by atoms with Crippen molar-refractivity contribution in [3.8, 4) is 11.1 Å². The van der Waals surface area contributed by atoms with Crippen molar-refractivity contribution in [2.75, 3.05) is 13.1 Å². The lowest BCUT2D eigenvalue weighted by Gasteiger charge is -2.01. The monoisotopic (exact) mass is 229 g/mol. The minimum absolute atomic E-state index is 0.972. The van der Waals surface area contributed by atoms with E-state index in [4.69, 9.17) is 0 Å². The highest BCUT2D eigenvalue weighted by Gasteiger charge is 2.00. The average molecular weight is 229 g/mol. The van der Waals surface area contributed by atoms with Crippen LogP contribution in [0.4, 0.5) is 0 Å². The number of benzene rings is 1. The maximum atomic E-state index is 4.38. The van der Waals surface area contributed by atoms with E-state index in [1.54, 1.807) is 0 Å². The summed E-state index contributed by atoms with van der Waals surface area (Å²) < 4.78 is 2.01. The second-order valence-electron chi connectivity index (χ2n) is 4.07. The molecule has 0 aliphatic heterocycles. The lowest BCUT2D eigenvalue weighted by Crippen LogP contribution is -2.16. The molecule has 0 bridgehead atoms. The molecule has 0 radical (unpaired) electrons. The van der Waals surface area contributed by atoms with Gasteiger partial charge in [-0.25, -0.2) is 0 Å².